The van der Waals surface area contributed by atoms with Crippen molar-refractivity contribution in [2.24, 2.45) is 11.7 Å². The van der Waals surface area contributed by atoms with E-state index in [2.05, 4.69) is 0 Å². The van der Waals surface area contributed by atoms with E-state index in [0.29, 0.717) is 0 Å². The quantitative estimate of drug-likeness (QED) is 0.735. The van der Waals surface area contributed by atoms with E-state index in [-0.39, 0.29) is 11.5 Å². The minimum absolute atomic E-state index is 0.0410. The number of rotatable bonds is 2. The van der Waals surface area contributed by atoms with Crippen molar-refractivity contribution >= 4 is 0 Å². The van der Waals surface area contributed by atoms with Gasteiger partial charge in [-0.3, -0.25) is 0 Å². The van der Waals surface area contributed by atoms with Crippen LogP contribution < -0.4 is 5.73 Å². The summed E-state index contributed by atoms with van der Waals surface area (Å²) in [6.45, 7) is 3.65. The SMILES string of the molecule is CC(C)C(N)c1cc(F)c(F)c(F)c1. The van der Waals surface area contributed by atoms with Crippen LogP contribution in [0, 0.1) is 23.4 Å². The third-order valence-electron chi connectivity index (χ3n) is 2.11. The van der Waals surface area contributed by atoms with Crippen molar-refractivity contribution in [3.05, 3.63) is 35.1 Å². The van der Waals surface area contributed by atoms with Gasteiger partial charge in [-0.25, -0.2) is 13.2 Å². The molecule has 0 amide bonds. The Morgan fingerprint density at radius 3 is 1.86 bits per heavy atom. The molecule has 0 radical (unpaired) electrons. The average Bonchev–Trinajstić information content (AvgIpc) is 2.12. The highest BCUT2D eigenvalue weighted by Gasteiger charge is 2.16. The van der Waals surface area contributed by atoms with Crippen LogP contribution in [0.5, 0.6) is 0 Å². The van der Waals surface area contributed by atoms with Gasteiger partial charge in [0.1, 0.15) is 0 Å². The molecule has 0 aliphatic rings. The van der Waals surface area contributed by atoms with Crippen LogP contribution in [0.2, 0.25) is 0 Å². The van der Waals surface area contributed by atoms with Crippen molar-refractivity contribution in [3.8, 4) is 0 Å². The van der Waals surface area contributed by atoms with Crippen molar-refractivity contribution in [1.82, 2.24) is 0 Å². The Balaban J connectivity index is 3.12. The highest BCUT2D eigenvalue weighted by molar-refractivity contribution is 5.22. The molecule has 0 spiro atoms. The lowest BCUT2D eigenvalue weighted by Gasteiger charge is -2.16. The monoisotopic (exact) mass is 203 g/mol. The standard InChI is InChI=1S/C10H12F3N/c1-5(2)10(14)6-3-7(11)9(13)8(12)4-6/h3-5,10H,14H2,1-2H3. The van der Waals surface area contributed by atoms with E-state index in [1.165, 1.54) is 0 Å². The summed E-state index contributed by atoms with van der Waals surface area (Å²) < 4.78 is 38.2. The Hall–Kier alpha value is -1.03. The van der Waals surface area contributed by atoms with Gasteiger partial charge in [0.2, 0.25) is 0 Å². The summed E-state index contributed by atoms with van der Waals surface area (Å²) in [6.07, 6.45) is 0. The van der Waals surface area contributed by atoms with Crippen molar-refractivity contribution in [1.29, 1.82) is 0 Å². The van der Waals surface area contributed by atoms with Crippen molar-refractivity contribution in [2.75, 3.05) is 0 Å². The zero-order valence-corrected chi connectivity index (χ0v) is 8.02. The second kappa shape index (κ2) is 4.00. The molecule has 1 aromatic carbocycles. The van der Waals surface area contributed by atoms with E-state index in [1.54, 1.807) is 0 Å². The van der Waals surface area contributed by atoms with Gasteiger partial charge in [0, 0.05) is 6.04 Å². The lowest BCUT2D eigenvalue weighted by atomic mass is 9.97. The number of benzene rings is 1. The molecule has 0 aliphatic carbocycles. The van der Waals surface area contributed by atoms with Gasteiger partial charge in [0.05, 0.1) is 0 Å². The van der Waals surface area contributed by atoms with E-state index in [9.17, 15) is 13.2 Å². The summed E-state index contributed by atoms with van der Waals surface area (Å²) in [6, 6.07) is 1.38. The van der Waals surface area contributed by atoms with E-state index in [4.69, 9.17) is 5.73 Å². The molecule has 0 fully saturated rings. The molecular formula is C10H12F3N. The Morgan fingerprint density at radius 2 is 1.50 bits per heavy atom. The van der Waals surface area contributed by atoms with Gasteiger partial charge < -0.3 is 5.73 Å². The zero-order chi connectivity index (χ0) is 10.9. The van der Waals surface area contributed by atoms with Crippen LogP contribution in [0.3, 0.4) is 0 Å². The van der Waals surface area contributed by atoms with Gasteiger partial charge in [0.15, 0.2) is 17.5 Å². The topological polar surface area (TPSA) is 26.0 Å². The van der Waals surface area contributed by atoms with Crippen LogP contribution in [0.4, 0.5) is 13.2 Å². The first-order valence-electron chi connectivity index (χ1n) is 4.33. The molecule has 4 heteroatoms. The number of nitrogens with two attached hydrogens (primary N) is 1. The first-order valence-corrected chi connectivity index (χ1v) is 4.33. The van der Waals surface area contributed by atoms with Crippen LogP contribution in [-0.2, 0) is 0 Å². The molecule has 2 N–H and O–H groups in total. The van der Waals surface area contributed by atoms with Gasteiger partial charge in [-0.2, -0.15) is 0 Å². The molecule has 14 heavy (non-hydrogen) atoms. The van der Waals surface area contributed by atoms with Gasteiger partial charge in [-0.15, -0.1) is 0 Å². The molecule has 1 aromatic rings. The van der Waals surface area contributed by atoms with E-state index >= 15 is 0 Å². The fraction of sp³-hybridized carbons (Fsp3) is 0.400. The highest BCUT2D eigenvalue weighted by atomic mass is 19.2. The molecular weight excluding hydrogens is 191 g/mol. The van der Waals surface area contributed by atoms with E-state index in [0.717, 1.165) is 12.1 Å². The third kappa shape index (κ3) is 2.07. The van der Waals surface area contributed by atoms with Gasteiger partial charge in [0.25, 0.3) is 0 Å². The molecule has 78 valence electrons. The minimum atomic E-state index is -1.45. The summed E-state index contributed by atoms with van der Waals surface area (Å²) in [4.78, 5) is 0. The predicted octanol–water partition coefficient (Wildman–Crippen LogP) is 2.76. The van der Waals surface area contributed by atoms with Crippen LogP contribution >= 0.6 is 0 Å². The second-order valence-corrected chi connectivity index (χ2v) is 3.57. The fourth-order valence-corrected chi connectivity index (χ4v) is 1.15. The molecule has 0 saturated heterocycles. The Morgan fingerprint density at radius 1 is 1.07 bits per heavy atom. The van der Waals surface area contributed by atoms with Crippen LogP contribution in [0.15, 0.2) is 12.1 Å². The van der Waals surface area contributed by atoms with Gasteiger partial charge in [-0.1, -0.05) is 13.8 Å². The van der Waals surface area contributed by atoms with Crippen molar-refractivity contribution < 1.29 is 13.2 Å². The fourth-order valence-electron chi connectivity index (χ4n) is 1.15. The predicted molar refractivity (Wildman–Crippen MR) is 48.1 cm³/mol. The summed E-state index contributed by atoms with van der Waals surface area (Å²) in [5.41, 5.74) is 5.94. The third-order valence-corrected chi connectivity index (χ3v) is 2.11. The average molecular weight is 203 g/mol. The first kappa shape index (κ1) is 11.0. The molecule has 0 heterocycles. The highest BCUT2D eigenvalue weighted by Crippen LogP contribution is 2.22. The van der Waals surface area contributed by atoms with Gasteiger partial charge >= 0.3 is 0 Å². The molecule has 0 saturated carbocycles. The molecule has 1 atom stereocenters. The van der Waals surface area contributed by atoms with Crippen LogP contribution in [0.25, 0.3) is 0 Å². The maximum atomic E-state index is 12.8. The smallest absolute Gasteiger partial charge is 0.194 e. The van der Waals surface area contributed by atoms with Crippen molar-refractivity contribution in [2.45, 2.75) is 19.9 Å². The van der Waals surface area contributed by atoms with Crippen LogP contribution in [0.1, 0.15) is 25.5 Å². The Bertz CT molecular complexity index is 313. The first-order chi connectivity index (χ1) is 6.43. The molecule has 1 rings (SSSR count). The Kier molecular flexibility index (Phi) is 3.16. The molecule has 0 aromatic heterocycles. The Labute approximate surface area is 80.7 Å². The normalized spacial score (nSPS) is 13.4. The van der Waals surface area contributed by atoms with E-state index < -0.39 is 23.5 Å². The summed E-state index contributed by atoms with van der Waals surface area (Å²) >= 11 is 0. The molecule has 1 nitrogen and oxygen atoms in total. The molecule has 1 unspecified atom stereocenters. The molecule has 0 bridgehead atoms. The lowest BCUT2D eigenvalue weighted by Crippen LogP contribution is -2.17. The number of hydrogen-bond donors (Lipinski definition) is 1. The van der Waals surface area contributed by atoms with Crippen LogP contribution in [-0.4, -0.2) is 0 Å². The maximum Gasteiger partial charge on any atom is 0.194 e. The summed E-state index contributed by atoms with van der Waals surface area (Å²) in [7, 11) is 0. The molecule has 0 aliphatic heterocycles. The minimum Gasteiger partial charge on any atom is -0.324 e. The maximum absolute atomic E-state index is 12.8. The number of hydrogen-bond acceptors (Lipinski definition) is 1. The van der Waals surface area contributed by atoms with E-state index in [1.807, 2.05) is 13.8 Å². The summed E-state index contributed by atoms with van der Waals surface area (Å²) in [5.74, 6) is -3.81. The second-order valence-electron chi connectivity index (χ2n) is 3.57. The lowest BCUT2D eigenvalue weighted by molar-refractivity contribution is 0.437. The van der Waals surface area contributed by atoms with Crippen molar-refractivity contribution in [3.63, 3.8) is 0 Å². The van der Waals surface area contributed by atoms with Gasteiger partial charge in [-0.05, 0) is 23.6 Å². The summed E-state index contributed by atoms with van der Waals surface area (Å²) in [5, 5.41) is 0. The largest absolute Gasteiger partial charge is 0.324 e. The zero-order valence-electron chi connectivity index (χ0n) is 8.02. The number of halogens is 3.